The lowest BCUT2D eigenvalue weighted by Gasteiger charge is -2.35. The van der Waals surface area contributed by atoms with Crippen LogP contribution in [0.5, 0.6) is 0 Å². The van der Waals surface area contributed by atoms with Crippen molar-refractivity contribution in [1.82, 2.24) is 10.4 Å². The molecule has 5 heteroatoms. The summed E-state index contributed by atoms with van der Waals surface area (Å²) in [5, 5.41) is 1.20. The Balaban J connectivity index is 3.05. The summed E-state index contributed by atoms with van der Waals surface area (Å²) in [5.74, 6) is -1.37. The van der Waals surface area contributed by atoms with E-state index in [-0.39, 0.29) is 5.56 Å². The molecule has 0 aliphatic heterocycles. The number of hydrazine groups is 1. The molecule has 0 heterocycles. The summed E-state index contributed by atoms with van der Waals surface area (Å²) in [6, 6.07) is 5.36. The van der Waals surface area contributed by atoms with E-state index in [0.717, 1.165) is 6.07 Å². The van der Waals surface area contributed by atoms with Gasteiger partial charge in [-0.05, 0) is 45.9 Å². The predicted molar refractivity (Wildman–Crippen MR) is 75.3 cm³/mol. The van der Waals surface area contributed by atoms with Gasteiger partial charge in [0.15, 0.2) is 0 Å². The number of carbonyl (C=O) groups excluding carboxylic acids is 2. The average Bonchev–Trinajstić information content (AvgIpc) is 2.34. The Kier molecular flexibility index (Phi) is 5.02. The van der Waals surface area contributed by atoms with E-state index >= 15 is 0 Å². The maximum atomic E-state index is 13.2. The molecule has 1 aromatic rings. The Labute approximate surface area is 118 Å². The van der Waals surface area contributed by atoms with Gasteiger partial charge >= 0.3 is 0 Å². The molecule has 0 saturated carbocycles. The van der Waals surface area contributed by atoms with E-state index in [1.54, 1.807) is 33.8 Å². The molecule has 0 aromatic heterocycles. The van der Waals surface area contributed by atoms with Crippen molar-refractivity contribution >= 4 is 11.8 Å². The summed E-state index contributed by atoms with van der Waals surface area (Å²) in [7, 11) is 0. The fourth-order valence-electron chi connectivity index (χ4n) is 1.57. The van der Waals surface area contributed by atoms with E-state index in [1.807, 2.05) is 0 Å². The summed E-state index contributed by atoms with van der Waals surface area (Å²) in [5.41, 5.74) is 2.05. The van der Waals surface area contributed by atoms with E-state index in [0.29, 0.717) is 0 Å². The van der Waals surface area contributed by atoms with Gasteiger partial charge in [-0.3, -0.25) is 15.0 Å². The lowest BCUT2D eigenvalue weighted by Crippen LogP contribution is -2.55. The molecule has 0 fully saturated rings. The van der Waals surface area contributed by atoms with Gasteiger partial charge in [-0.25, -0.2) is 9.40 Å². The van der Waals surface area contributed by atoms with E-state index in [9.17, 15) is 14.0 Å². The average molecular weight is 278 g/mol. The molecule has 0 aliphatic carbocycles. The number of allylic oxidation sites excluding steroid dienone is 1. The van der Waals surface area contributed by atoms with Crippen LogP contribution in [0.25, 0.3) is 0 Å². The van der Waals surface area contributed by atoms with Crippen molar-refractivity contribution in [2.24, 2.45) is 0 Å². The summed E-state index contributed by atoms with van der Waals surface area (Å²) < 4.78 is 13.2. The molecule has 0 bridgehead atoms. The topological polar surface area (TPSA) is 49.4 Å². The van der Waals surface area contributed by atoms with Crippen LogP contribution in [0, 0.1) is 5.82 Å². The number of nitrogens with zero attached hydrogens (tertiary/aromatic N) is 1. The van der Waals surface area contributed by atoms with Crippen LogP contribution in [-0.4, -0.2) is 22.4 Å². The maximum Gasteiger partial charge on any atom is 0.272 e. The minimum atomic E-state index is -0.638. The van der Waals surface area contributed by atoms with E-state index < -0.39 is 23.2 Å². The molecule has 20 heavy (non-hydrogen) atoms. The number of nitrogens with one attached hydrogen (secondary N) is 1. The van der Waals surface area contributed by atoms with Crippen LogP contribution in [0.1, 0.15) is 38.1 Å². The van der Waals surface area contributed by atoms with Crippen molar-refractivity contribution in [1.29, 1.82) is 0 Å². The van der Waals surface area contributed by atoms with Gasteiger partial charge in [-0.2, -0.15) is 0 Å². The fourth-order valence-corrected chi connectivity index (χ4v) is 1.57. The molecule has 0 atom stereocenters. The van der Waals surface area contributed by atoms with Crippen molar-refractivity contribution in [2.45, 2.75) is 33.2 Å². The molecular formula is C15H19FN2O2. The minimum absolute atomic E-state index is 0.181. The van der Waals surface area contributed by atoms with Gasteiger partial charge in [0.25, 0.3) is 11.8 Å². The van der Waals surface area contributed by atoms with Gasteiger partial charge in [-0.1, -0.05) is 12.1 Å². The van der Waals surface area contributed by atoms with Gasteiger partial charge in [0.1, 0.15) is 5.82 Å². The van der Waals surface area contributed by atoms with E-state index in [2.05, 4.69) is 5.43 Å². The van der Waals surface area contributed by atoms with Gasteiger partial charge < -0.3 is 0 Å². The first-order valence-corrected chi connectivity index (χ1v) is 6.29. The van der Waals surface area contributed by atoms with Crippen molar-refractivity contribution in [2.75, 3.05) is 0 Å². The molecule has 0 unspecified atom stereocenters. The first-order valence-electron chi connectivity index (χ1n) is 6.29. The zero-order valence-corrected chi connectivity index (χ0v) is 12.1. The van der Waals surface area contributed by atoms with Crippen LogP contribution in [0.2, 0.25) is 0 Å². The van der Waals surface area contributed by atoms with E-state index in [4.69, 9.17) is 0 Å². The standard InChI is InChI=1S/C15H19FN2O2/c1-5-7-13(19)17-18(15(2,3)4)14(20)11-8-6-9-12(16)10-11/h5-10H,1-4H3,(H,17,19)/b7-5-. The van der Waals surface area contributed by atoms with Crippen LogP contribution in [-0.2, 0) is 4.79 Å². The summed E-state index contributed by atoms with van der Waals surface area (Å²) in [6.07, 6.45) is 2.89. The fraction of sp³-hybridized carbons (Fsp3) is 0.333. The highest BCUT2D eigenvalue weighted by atomic mass is 19.1. The smallest absolute Gasteiger partial charge is 0.268 e. The van der Waals surface area contributed by atoms with Gasteiger partial charge in [0, 0.05) is 11.6 Å². The second-order valence-electron chi connectivity index (χ2n) is 5.30. The van der Waals surface area contributed by atoms with Crippen molar-refractivity contribution in [3.8, 4) is 0 Å². The Hall–Kier alpha value is -2.17. The Morgan fingerprint density at radius 2 is 1.95 bits per heavy atom. The number of halogens is 1. The molecule has 0 aliphatic rings. The second-order valence-corrected chi connectivity index (χ2v) is 5.30. The molecule has 1 aromatic carbocycles. The molecule has 4 nitrogen and oxygen atoms in total. The van der Waals surface area contributed by atoms with Gasteiger partial charge in [-0.15, -0.1) is 0 Å². The van der Waals surface area contributed by atoms with Gasteiger partial charge in [0.2, 0.25) is 0 Å². The Morgan fingerprint density at radius 3 is 2.45 bits per heavy atom. The Bertz CT molecular complexity index is 533. The van der Waals surface area contributed by atoms with Crippen LogP contribution in [0.4, 0.5) is 4.39 Å². The molecular weight excluding hydrogens is 259 g/mol. The third kappa shape index (κ3) is 4.19. The quantitative estimate of drug-likeness (QED) is 0.668. The first-order chi connectivity index (χ1) is 9.25. The zero-order chi connectivity index (χ0) is 15.3. The number of amides is 2. The summed E-state index contributed by atoms with van der Waals surface area (Å²) in [4.78, 5) is 24.0. The second kappa shape index (κ2) is 6.32. The van der Waals surface area contributed by atoms with Gasteiger partial charge in [0.05, 0.1) is 5.54 Å². The van der Waals surface area contributed by atoms with Crippen LogP contribution in [0.3, 0.4) is 0 Å². The molecule has 0 radical (unpaired) electrons. The Morgan fingerprint density at radius 1 is 1.30 bits per heavy atom. The number of hydrogen-bond acceptors (Lipinski definition) is 2. The number of rotatable bonds is 2. The highest BCUT2D eigenvalue weighted by molar-refractivity contribution is 5.97. The maximum absolute atomic E-state index is 13.2. The number of carbonyl (C=O) groups is 2. The third-order valence-corrected chi connectivity index (χ3v) is 2.49. The number of benzene rings is 1. The monoisotopic (exact) mass is 278 g/mol. The normalized spacial score (nSPS) is 11.4. The van der Waals surface area contributed by atoms with Crippen molar-refractivity contribution < 1.29 is 14.0 Å². The molecule has 2 amide bonds. The highest BCUT2D eigenvalue weighted by Gasteiger charge is 2.28. The molecule has 1 N–H and O–H groups in total. The SMILES string of the molecule is C/C=C\C(=O)NN(C(=O)c1cccc(F)c1)C(C)(C)C. The lowest BCUT2D eigenvalue weighted by atomic mass is 10.1. The van der Waals surface area contributed by atoms with Crippen LogP contribution >= 0.6 is 0 Å². The van der Waals surface area contributed by atoms with Crippen molar-refractivity contribution in [3.05, 3.63) is 47.8 Å². The van der Waals surface area contributed by atoms with Crippen LogP contribution < -0.4 is 5.43 Å². The van der Waals surface area contributed by atoms with Crippen molar-refractivity contribution in [3.63, 3.8) is 0 Å². The summed E-state index contributed by atoms with van der Waals surface area (Å²) in [6.45, 7) is 7.04. The zero-order valence-electron chi connectivity index (χ0n) is 12.1. The molecule has 0 spiro atoms. The predicted octanol–water partition coefficient (Wildman–Crippen LogP) is 2.67. The molecule has 0 saturated heterocycles. The summed E-state index contributed by atoms with van der Waals surface area (Å²) >= 11 is 0. The molecule has 108 valence electrons. The minimum Gasteiger partial charge on any atom is -0.268 e. The van der Waals surface area contributed by atoms with E-state index in [1.165, 1.54) is 29.3 Å². The lowest BCUT2D eigenvalue weighted by molar-refractivity contribution is -0.122. The third-order valence-electron chi connectivity index (χ3n) is 2.49. The largest absolute Gasteiger partial charge is 0.272 e. The number of hydrogen-bond donors (Lipinski definition) is 1. The highest BCUT2D eigenvalue weighted by Crippen LogP contribution is 2.15. The first kappa shape index (κ1) is 15.9. The van der Waals surface area contributed by atoms with Crippen LogP contribution in [0.15, 0.2) is 36.4 Å². The molecule has 1 rings (SSSR count).